The van der Waals surface area contributed by atoms with Gasteiger partial charge in [-0.15, -0.1) is 0 Å². The van der Waals surface area contributed by atoms with E-state index >= 15 is 0 Å². The average molecular weight is 303 g/mol. The molecule has 1 aliphatic rings. The molecule has 1 N–H and O–H groups in total. The van der Waals surface area contributed by atoms with Crippen LogP contribution < -0.4 is 4.74 Å². The van der Waals surface area contributed by atoms with Crippen molar-refractivity contribution in [3.63, 3.8) is 0 Å². The molecule has 0 aliphatic carbocycles. The fourth-order valence-corrected chi connectivity index (χ4v) is 2.02. The van der Waals surface area contributed by atoms with E-state index < -0.39 is 12.3 Å². The number of oxime groups is 1. The Balaban J connectivity index is 1.96. The Labute approximate surface area is 120 Å². The maximum absolute atomic E-state index is 12.4. The summed E-state index contributed by atoms with van der Waals surface area (Å²) in [4.78, 5) is 5.10. The second kappa shape index (κ2) is 5.93. The van der Waals surface area contributed by atoms with Crippen molar-refractivity contribution >= 4 is 5.71 Å². The summed E-state index contributed by atoms with van der Waals surface area (Å²) in [5, 5.41) is 13.0. The zero-order valence-electron chi connectivity index (χ0n) is 11.6. The Kier molecular flexibility index (Phi) is 4.41. The summed E-state index contributed by atoms with van der Waals surface area (Å²) in [5.41, 5.74) is 0.608. The van der Waals surface area contributed by atoms with E-state index in [0.717, 1.165) is 5.71 Å². The number of benzene rings is 1. The molecule has 0 aromatic heterocycles. The van der Waals surface area contributed by atoms with Crippen molar-refractivity contribution in [1.82, 2.24) is 0 Å². The van der Waals surface area contributed by atoms with Gasteiger partial charge in [-0.1, -0.05) is 17.3 Å². The van der Waals surface area contributed by atoms with Crippen molar-refractivity contribution < 1.29 is 27.9 Å². The number of nitrogens with zero attached hydrogens (tertiary/aromatic N) is 1. The normalized spacial score (nSPS) is 23.4. The van der Waals surface area contributed by atoms with E-state index in [0.29, 0.717) is 12.4 Å². The van der Waals surface area contributed by atoms with Gasteiger partial charge in [0.05, 0.1) is 11.6 Å². The van der Waals surface area contributed by atoms with E-state index in [1.54, 1.807) is 0 Å². The highest BCUT2D eigenvalue weighted by Crippen LogP contribution is 2.33. The molecular weight excluding hydrogens is 287 g/mol. The highest BCUT2D eigenvalue weighted by Gasteiger charge is 2.39. The molecule has 0 amide bonds. The lowest BCUT2D eigenvalue weighted by Gasteiger charge is -2.17. The van der Waals surface area contributed by atoms with E-state index in [1.807, 2.05) is 13.8 Å². The highest BCUT2D eigenvalue weighted by atomic mass is 19.4. The predicted molar refractivity (Wildman–Crippen MR) is 70.1 cm³/mol. The minimum Gasteiger partial charge on any atom is -0.493 e. The molecule has 21 heavy (non-hydrogen) atoms. The minimum absolute atomic E-state index is 0.0189. The molecule has 2 rings (SSSR count). The van der Waals surface area contributed by atoms with Crippen LogP contribution in [0.5, 0.6) is 5.75 Å². The number of halogens is 3. The Morgan fingerprint density at radius 2 is 1.95 bits per heavy atom. The average Bonchev–Trinajstić information content (AvgIpc) is 2.75. The summed E-state index contributed by atoms with van der Waals surface area (Å²) in [6.45, 7) is 4.04. The Hall–Kier alpha value is -1.76. The molecule has 0 saturated heterocycles. The summed E-state index contributed by atoms with van der Waals surface area (Å²) >= 11 is 0. The molecule has 116 valence electrons. The molecule has 4 nitrogen and oxygen atoms in total. The largest absolute Gasteiger partial charge is 0.493 e. The third kappa shape index (κ3) is 3.66. The topological polar surface area (TPSA) is 51.0 Å². The predicted octanol–water partition coefficient (Wildman–Crippen LogP) is 3.07. The van der Waals surface area contributed by atoms with Crippen LogP contribution in [0.15, 0.2) is 29.4 Å². The molecule has 1 heterocycles. The maximum atomic E-state index is 12.4. The Bertz CT molecular complexity index is 513. The molecule has 0 bridgehead atoms. The van der Waals surface area contributed by atoms with Crippen LogP contribution in [0.25, 0.3) is 0 Å². The first-order valence-electron chi connectivity index (χ1n) is 6.47. The van der Waals surface area contributed by atoms with Crippen molar-refractivity contribution in [1.29, 1.82) is 0 Å². The molecule has 7 heteroatoms. The second-order valence-corrected chi connectivity index (χ2v) is 4.97. The molecule has 0 saturated carbocycles. The van der Waals surface area contributed by atoms with Crippen LogP contribution in [0, 0.1) is 5.92 Å². The summed E-state index contributed by atoms with van der Waals surface area (Å²) in [6, 6.07) is 5.19. The highest BCUT2D eigenvalue weighted by molar-refractivity contribution is 5.85. The summed E-state index contributed by atoms with van der Waals surface area (Å²) in [5.74, 6) is 0.450. The number of alkyl halides is 3. The smallest absolute Gasteiger partial charge is 0.418 e. The van der Waals surface area contributed by atoms with Crippen LogP contribution in [0.4, 0.5) is 13.2 Å². The molecule has 3 unspecified atom stereocenters. The number of aliphatic hydroxyl groups excluding tert-OH is 1. The minimum atomic E-state index is -4.67. The van der Waals surface area contributed by atoms with Crippen LogP contribution in [-0.4, -0.2) is 29.7 Å². The van der Waals surface area contributed by atoms with Gasteiger partial charge in [0.25, 0.3) is 0 Å². The van der Waals surface area contributed by atoms with E-state index in [4.69, 9.17) is 14.7 Å². The van der Waals surface area contributed by atoms with Crippen molar-refractivity contribution in [3.05, 3.63) is 29.8 Å². The van der Waals surface area contributed by atoms with Gasteiger partial charge in [-0.3, -0.25) is 0 Å². The third-order valence-corrected chi connectivity index (χ3v) is 3.40. The molecular formula is C14H16F3NO3. The fraction of sp³-hybridized carbons (Fsp3) is 0.500. The SMILES string of the molecule is CC1=NOC(C)C1COc1ccc(C(O)C(F)(F)F)cc1. The molecule has 0 spiro atoms. The van der Waals surface area contributed by atoms with Gasteiger partial charge in [0.15, 0.2) is 6.10 Å². The molecule has 1 aromatic rings. The van der Waals surface area contributed by atoms with Gasteiger partial charge in [0, 0.05) is 0 Å². The maximum Gasteiger partial charge on any atom is 0.418 e. The van der Waals surface area contributed by atoms with Crippen molar-refractivity contribution in [2.24, 2.45) is 11.1 Å². The van der Waals surface area contributed by atoms with E-state index in [-0.39, 0.29) is 17.6 Å². The van der Waals surface area contributed by atoms with Crippen molar-refractivity contribution in [2.75, 3.05) is 6.61 Å². The van der Waals surface area contributed by atoms with Crippen LogP contribution >= 0.6 is 0 Å². The Morgan fingerprint density at radius 1 is 1.33 bits per heavy atom. The first kappa shape index (κ1) is 15.6. The lowest BCUT2D eigenvalue weighted by molar-refractivity contribution is -0.206. The lowest BCUT2D eigenvalue weighted by Crippen LogP contribution is -2.25. The van der Waals surface area contributed by atoms with Gasteiger partial charge in [0.2, 0.25) is 0 Å². The molecule has 0 radical (unpaired) electrons. The van der Waals surface area contributed by atoms with E-state index in [2.05, 4.69) is 5.16 Å². The van der Waals surface area contributed by atoms with Crippen molar-refractivity contribution in [2.45, 2.75) is 32.2 Å². The molecule has 1 aromatic carbocycles. The van der Waals surface area contributed by atoms with Gasteiger partial charge in [-0.2, -0.15) is 13.2 Å². The van der Waals surface area contributed by atoms with Gasteiger partial charge in [-0.05, 0) is 31.5 Å². The zero-order valence-corrected chi connectivity index (χ0v) is 11.6. The first-order chi connectivity index (χ1) is 9.79. The number of aliphatic hydroxyl groups is 1. The fourth-order valence-electron chi connectivity index (χ4n) is 2.02. The standard InChI is InChI=1S/C14H16F3NO3/c1-8-12(9(2)21-18-8)7-20-11-5-3-10(4-6-11)13(19)14(15,16)17/h3-6,9,12-13,19H,7H2,1-2H3. The number of ether oxygens (including phenoxy) is 1. The van der Waals surface area contributed by atoms with Crippen LogP contribution in [0.3, 0.4) is 0 Å². The van der Waals surface area contributed by atoms with Crippen LogP contribution in [-0.2, 0) is 4.84 Å². The number of hydrogen-bond acceptors (Lipinski definition) is 4. The third-order valence-electron chi connectivity index (χ3n) is 3.40. The van der Waals surface area contributed by atoms with Gasteiger partial charge in [-0.25, -0.2) is 0 Å². The summed E-state index contributed by atoms with van der Waals surface area (Å²) < 4.78 is 42.6. The number of rotatable bonds is 4. The lowest BCUT2D eigenvalue weighted by atomic mass is 10.0. The summed E-state index contributed by atoms with van der Waals surface area (Å²) in [7, 11) is 0. The summed E-state index contributed by atoms with van der Waals surface area (Å²) in [6.07, 6.45) is -7.24. The van der Waals surface area contributed by atoms with Gasteiger partial charge in [0.1, 0.15) is 18.5 Å². The molecule has 3 atom stereocenters. The molecule has 1 aliphatic heterocycles. The molecule has 0 fully saturated rings. The van der Waals surface area contributed by atoms with Gasteiger partial charge >= 0.3 is 6.18 Å². The first-order valence-corrected chi connectivity index (χ1v) is 6.47. The van der Waals surface area contributed by atoms with Gasteiger partial charge < -0.3 is 14.7 Å². The Morgan fingerprint density at radius 3 is 2.43 bits per heavy atom. The van der Waals surface area contributed by atoms with E-state index in [9.17, 15) is 13.2 Å². The van der Waals surface area contributed by atoms with Crippen LogP contribution in [0.2, 0.25) is 0 Å². The van der Waals surface area contributed by atoms with E-state index in [1.165, 1.54) is 24.3 Å². The zero-order chi connectivity index (χ0) is 15.6. The second-order valence-electron chi connectivity index (χ2n) is 4.97. The number of hydrogen-bond donors (Lipinski definition) is 1. The quantitative estimate of drug-likeness (QED) is 0.930. The van der Waals surface area contributed by atoms with Crippen LogP contribution in [0.1, 0.15) is 25.5 Å². The monoisotopic (exact) mass is 303 g/mol. The van der Waals surface area contributed by atoms with Crippen molar-refractivity contribution in [3.8, 4) is 5.75 Å².